The Hall–Kier alpha value is -3.74. The van der Waals surface area contributed by atoms with E-state index in [1.807, 2.05) is 42.5 Å². The molecule has 1 aliphatic carbocycles. The summed E-state index contributed by atoms with van der Waals surface area (Å²) in [5.74, 6) is -0.464. The summed E-state index contributed by atoms with van der Waals surface area (Å²) in [5, 5.41) is 8.86. The molecule has 0 radical (unpaired) electrons. The van der Waals surface area contributed by atoms with E-state index in [1.165, 1.54) is 0 Å². The van der Waals surface area contributed by atoms with E-state index in [2.05, 4.69) is 20.9 Å². The van der Waals surface area contributed by atoms with E-state index >= 15 is 0 Å². The minimum Gasteiger partial charge on any atom is -0.323 e. The molecule has 1 spiro atoms. The lowest BCUT2D eigenvalue weighted by atomic mass is 9.78. The highest BCUT2D eigenvalue weighted by atomic mass is 16.2. The summed E-state index contributed by atoms with van der Waals surface area (Å²) < 4.78 is 0. The van der Waals surface area contributed by atoms with Gasteiger partial charge in [-0.3, -0.25) is 19.9 Å². The average Bonchev–Trinajstić information content (AvgIpc) is 3.00. The van der Waals surface area contributed by atoms with Crippen molar-refractivity contribution >= 4 is 34.4 Å². The van der Waals surface area contributed by atoms with Gasteiger partial charge in [-0.15, -0.1) is 0 Å². The number of nitrogens with one attached hydrogen (secondary N) is 3. The number of urea groups is 1. The minimum atomic E-state index is -0.856. The molecule has 2 aliphatic rings. The van der Waals surface area contributed by atoms with Crippen molar-refractivity contribution in [1.82, 2.24) is 15.6 Å². The summed E-state index contributed by atoms with van der Waals surface area (Å²) in [6.07, 6.45) is 3.32. The molecule has 7 nitrogen and oxygen atoms in total. The molecule has 0 bridgehead atoms. The number of hydrogen-bond acceptors (Lipinski definition) is 4. The largest absolute Gasteiger partial charge is 0.323 e. The molecule has 1 aromatic heterocycles. The molecule has 1 aliphatic heterocycles. The molecule has 2 heterocycles. The molecule has 4 amide bonds. The Balaban J connectivity index is 1.39. The van der Waals surface area contributed by atoms with Gasteiger partial charge in [-0.05, 0) is 54.3 Å². The van der Waals surface area contributed by atoms with Crippen molar-refractivity contribution in [1.29, 1.82) is 0 Å². The van der Waals surface area contributed by atoms with Crippen LogP contribution in [0.4, 0.5) is 10.5 Å². The first-order chi connectivity index (χ1) is 14.0. The number of imide groups is 1. The highest BCUT2D eigenvalue weighted by Gasteiger charge is 2.47. The van der Waals surface area contributed by atoms with Gasteiger partial charge in [0.25, 0.3) is 11.8 Å². The standard InChI is InChI=1S/C22H18N4O3/c27-19(17-3-1-5-18-16(17)4-2-10-23-18)24-15-7-6-14-12-22(9-8-13(14)11-15)20(28)25-21(29)26-22/h1-7,10-11H,8-9,12H2,(H,24,27)(H2,25,26,28,29). The lowest BCUT2D eigenvalue weighted by Crippen LogP contribution is -2.51. The SMILES string of the molecule is O=C1NC(=O)C2(CCc3cc(NC(=O)c4cccc5ncccc45)ccc3C2)N1. The highest BCUT2D eigenvalue weighted by molar-refractivity contribution is 6.12. The van der Waals surface area contributed by atoms with Crippen LogP contribution in [0.1, 0.15) is 27.9 Å². The van der Waals surface area contributed by atoms with E-state index in [1.54, 1.807) is 12.3 Å². The fraction of sp³-hybridized carbons (Fsp3) is 0.182. The predicted octanol–water partition coefficient (Wildman–Crippen LogP) is 2.55. The summed E-state index contributed by atoms with van der Waals surface area (Å²) in [6, 6.07) is 14.4. The number of carbonyl (C=O) groups is 3. The molecular formula is C22H18N4O3. The number of pyridine rings is 1. The number of aromatic nitrogens is 1. The number of nitrogens with zero attached hydrogens (tertiary/aromatic N) is 1. The summed E-state index contributed by atoms with van der Waals surface area (Å²) >= 11 is 0. The van der Waals surface area contributed by atoms with Crippen LogP contribution in [0, 0.1) is 0 Å². The van der Waals surface area contributed by atoms with Crippen LogP contribution in [0.3, 0.4) is 0 Å². The molecule has 1 unspecified atom stereocenters. The number of rotatable bonds is 2. The van der Waals surface area contributed by atoms with Crippen molar-refractivity contribution in [2.75, 3.05) is 5.32 Å². The number of carbonyl (C=O) groups excluding carboxylic acids is 3. The van der Waals surface area contributed by atoms with Crippen LogP contribution in [-0.4, -0.2) is 28.4 Å². The molecule has 1 atom stereocenters. The maximum Gasteiger partial charge on any atom is 0.322 e. The van der Waals surface area contributed by atoms with Crippen molar-refractivity contribution in [2.45, 2.75) is 24.8 Å². The van der Waals surface area contributed by atoms with Crippen LogP contribution < -0.4 is 16.0 Å². The Kier molecular flexibility index (Phi) is 3.84. The zero-order valence-corrected chi connectivity index (χ0v) is 15.5. The van der Waals surface area contributed by atoms with E-state index in [4.69, 9.17) is 0 Å². The zero-order chi connectivity index (χ0) is 20.0. The number of anilines is 1. The van der Waals surface area contributed by atoms with E-state index in [0.29, 0.717) is 30.5 Å². The number of fused-ring (bicyclic) bond motifs is 2. The van der Waals surface area contributed by atoms with Crippen molar-refractivity contribution < 1.29 is 14.4 Å². The molecule has 5 rings (SSSR count). The lowest BCUT2D eigenvalue weighted by molar-refractivity contribution is -0.124. The van der Waals surface area contributed by atoms with Gasteiger partial charge >= 0.3 is 6.03 Å². The summed E-state index contributed by atoms with van der Waals surface area (Å²) in [5.41, 5.74) is 3.25. The van der Waals surface area contributed by atoms with Gasteiger partial charge in [0.15, 0.2) is 0 Å². The monoisotopic (exact) mass is 386 g/mol. The third-order valence-corrected chi connectivity index (χ3v) is 5.68. The van der Waals surface area contributed by atoms with Crippen LogP contribution in [0.2, 0.25) is 0 Å². The number of aryl methyl sites for hydroxylation is 1. The molecule has 2 aromatic carbocycles. The fourth-order valence-corrected chi connectivity index (χ4v) is 4.20. The lowest BCUT2D eigenvalue weighted by Gasteiger charge is -2.32. The number of hydrogen-bond donors (Lipinski definition) is 3. The first kappa shape index (κ1) is 17.4. The number of amides is 4. The first-order valence-corrected chi connectivity index (χ1v) is 9.45. The van der Waals surface area contributed by atoms with Crippen molar-refractivity contribution in [3.8, 4) is 0 Å². The Bertz CT molecular complexity index is 1180. The zero-order valence-electron chi connectivity index (χ0n) is 15.5. The Morgan fingerprint density at radius 1 is 1.07 bits per heavy atom. The minimum absolute atomic E-state index is 0.196. The van der Waals surface area contributed by atoms with Gasteiger partial charge in [0.2, 0.25) is 0 Å². The Labute approximate surface area is 166 Å². The summed E-state index contributed by atoms with van der Waals surface area (Å²) in [6.45, 7) is 0. The normalized spacial score (nSPS) is 20.3. The average molecular weight is 386 g/mol. The third kappa shape index (κ3) is 2.91. The summed E-state index contributed by atoms with van der Waals surface area (Å²) in [7, 11) is 0. The Morgan fingerprint density at radius 3 is 2.79 bits per heavy atom. The maximum absolute atomic E-state index is 12.8. The van der Waals surface area contributed by atoms with E-state index in [9.17, 15) is 14.4 Å². The molecule has 0 saturated carbocycles. The predicted molar refractivity (Wildman–Crippen MR) is 108 cm³/mol. The molecule has 1 fully saturated rings. The summed E-state index contributed by atoms with van der Waals surface area (Å²) in [4.78, 5) is 40.9. The van der Waals surface area contributed by atoms with E-state index in [0.717, 1.165) is 22.0 Å². The quantitative estimate of drug-likeness (QED) is 0.589. The van der Waals surface area contributed by atoms with Crippen molar-refractivity contribution in [3.05, 3.63) is 71.4 Å². The second-order valence-corrected chi connectivity index (χ2v) is 7.48. The van der Waals surface area contributed by atoms with Crippen LogP contribution >= 0.6 is 0 Å². The van der Waals surface area contributed by atoms with Crippen LogP contribution in [0.5, 0.6) is 0 Å². The molecule has 3 aromatic rings. The highest BCUT2D eigenvalue weighted by Crippen LogP contribution is 2.32. The molecule has 3 N–H and O–H groups in total. The molecule has 1 saturated heterocycles. The van der Waals surface area contributed by atoms with Gasteiger partial charge in [0.05, 0.1) is 5.52 Å². The molecule has 144 valence electrons. The van der Waals surface area contributed by atoms with Crippen LogP contribution in [-0.2, 0) is 17.6 Å². The van der Waals surface area contributed by atoms with E-state index < -0.39 is 11.6 Å². The first-order valence-electron chi connectivity index (χ1n) is 9.45. The van der Waals surface area contributed by atoms with E-state index in [-0.39, 0.29) is 11.8 Å². The Morgan fingerprint density at radius 2 is 1.97 bits per heavy atom. The number of benzene rings is 2. The maximum atomic E-state index is 12.8. The molecular weight excluding hydrogens is 368 g/mol. The second kappa shape index (κ2) is 6.41. The fourth-order valence-electron chi connectivity index (χ4n) is 4.20. The van der Waals surface area contributed by atoms with Gasteiger partial charge in [-0.25, -0.2) is 4.79 Å². The van der Waals surface area contributed by atoms with Crippen LogP contribution in [0.25, 0.3) is 10.9 Å². The molecule has 7 heteroatoms. The third-order valence-electron chi connectivity index (χ3n) is 5.68. The van der Waals surface area contributed by atoms with Gasteiger partial charge < -0.3 is 10.6 Å². The van der Waals surface area contributed by atoms with Gasteiger partial charge in [0.1, 0.15) is 5.54 Å². The molecule has 29 heavy (non-hydrogen) atoms. The smallest absolute Gasteiger partial charge is 0.322 e. The van der Waals surface area contributed by atoms with Gasteiger partial charge in [-0.1, -0.05) is 18.2 Å². The van der Waals surface area contributed by atoms with Crippen molar-refractivity contribution in [3.63, 3.8) is 0 Å². The van der Waals surface area contributed by atoms with Crippen molar-refractivity contribution in [2.24, 2.45) is 0 Å². The second-order valence-electron chi connectivity index (χ2n) is 7.48. The van der Waals surface area contributed by atoms with Crippen LogP contribution in [0.15, 0.2) is 54.7 Å². The topological polar surface area (TPSA) is 100 Å². The van der Waals surface area contributed by atoms with Gasteiger partial charge in [0, 0.05) is 29.3 Å². The van der Waals surface area contributed by atoms with Gasteiger partial charge in [-0.2, -0.15) is 0 Å².